The monoisotopic (exact) mass is 213 g/mol. The third-order valence-electron chi connectivity index (χ3n) is 3.75. The van der Waals surface area contributed by atoms with Gasteiger partial charge in [0.1, 0.15) is 5.54 Å². The van der Waals surface area contributed by atoms with Crippen LogP contribution in [0.3, 0.4) is 0 Å². The average Bonchev–Trinajstić information content (AvgIpc) is 2.18. The second-order valence-electron chi connectivity index (χ2n) is 5.00. The Bertz CT molecular complexity index is 218. The molecule has 0 heterocycles. The lowest BCUT2D eigenvalue weighted by Crippen LogP contribution is -2.54. The van der Waals surface area contributed by atoms with Crippen LogP contribution in [-0.4, -0.2) is 23.2 Å². The molecule has 0 bridgehead atoms. The zero-order valence-corrected chi connectivity index (χ0v) is 10.0. The van der Waals surface area contributed by atoms with Crippen molar-refractivity contribution in [3.8, 4) is 0 Å². The lowest BCUT2D eigenvalue weighted by atomic mass is 9.73. The van der Waals surface area contributed by atoms with Crippen LogP contribution >= 0.6 is 0 Å². The Hall–Kier alpha value is -0.570. The first-order valence-corrected chi connectivity index (χ1v) is 6.00. The van der Waals surface area contributed by atoms with Gasteiger partial charge in [-0.1, -0.05) is 20.8 Å². The zero-order valence-electron chi connectivity index (χ0n) is 10.0. The topological polar surface area (TPSA) is 49.3 Å². The third kappa shape index (κ3) is 2.71. The molecule has 0 saturated heterocycles. The summed E-state index contributed by atoms with van der Waals surface area (Å²) in [6.45, 7) is 7.16. The van der Waals surface area contributed by atoms with Crippen molar-refractivity contribution in [2.75, 3.05) is 6.54 Å². The maximum atomic E-state index is 11.3. The highest BCUT2D eigenvalue weighted by atomic mass is 16.4. The molecule has 1 saturated carbocycles. The van der Waals surface area contributed by atoms with Gasteiger partial charge in [0, 0.05) is 0 Å². The molecule has 0 aromatic rings. The number of likely N-dealkylation sites (N-methyl/N-ethyl adjacent to an activating group) is 1. The summed E-state index contributed by atoms with van der Waals surface area (Å²) in [7, 11) is 0. The predicted molar refractivity (Wildman–Crippen MR) is 60.8 cm³/mol. The van der Waals surface area contributed by atoms with E-state index in [1.165, 1.54) is 0 Å². The molecule has 1 rings (SSSR count). The molecular formula is C12H23NO2. The lowest BCUT2D eigenvalue weighted by Gasteiger charge is -2.38. The van der Waals surface area contributed by atoms with Gasteiger partial charge in [-0.25, -0.2) is 0 Å². The molecule has 1 fully saturated rings. The molecule has 0 amide bonds. The van der Waals surface area contributed by atoms with Crippen LogP contribution < -0.4 is 5.32 Å². The first kappa shape index (κ1) is 12.5. The van der Waals surface area contributed by atoms with Gasteiger partial charge in [-0.05, 0) is 44.1 Å². The maximum absolute atomic E-state index is 11.3. The molecule has 0 unspecified atom stereocenters. The molecule has 0 atom stereocenters. The Balaban J connectivity index is 2.61. The molecule has 3 heteroatoms. The molecule has 0 spiro atoms. The van der Waals surface area contributed by atoms with Crippen LogP contribution in [0.2, 0.25) is 0 Å². The average molecular weight is 213 g/mol. The summed E-state index contributed by atoms with van der Waals surface area (Å²) in [6.07, 6.45) is 3.63. The first-order chi connectivity index (χ1) is 7.02. The number of carboxylic acids is 1. The van der Waals surface area contributed by atoms with Crippen molar-refractivity contribution in [1.82, 2.24) is 5.32 Å². The lowest BCUT2D eigenvalue weighted by molar-refractivity contribution is -0.147. The van der Waals surface area contributed by atoms with Crippen molar-refractivity contribution < 1.29 is 9.90 Å². The van der Waals surface area contributed by atoms with E-state index in [0.717, 1.165) is 32.2 Å². The Morgan fingerprint density at radius 3 is 2.33 bits per heavy atom. The van der Waals surface area contributed by atoms with E-state index in [9.17, 15) is 9.90 Å². The van der Waals surface area contributed by atoms with Crippen LogP contribution in [0.5, 0.6) is 0 Å². The normalized spacial score (nSPS) is 31.9. The molecule has 88 valence electrons. The van der Waals surface area contributed by atoms with Gasteiger partial charge in [0.15, 0.2) is 0 Å². The quantitative estimate of drug-likeness (QED) is 0.753. The van der Waals surface area contributed by atoms with Gasteiger partial charge >= 0.3 is 5.97 Å². The third-order valence-corrected chi connectivity index (χ3v) is 3.75. The highest BCUT2D eigenvalue weighted by Crippen LogP contribution is 2.35. The van der Waals surface area contributed by atoms with Crippen LogP contribution in [0.25, 0.3) is 0 Å². The van der Waals surface area contributed by atoms with E-state index in [0.29, 0.717) is 11.8 Å². The van der Waals surface area contributed by atoms with E-state index < -0.39 is 11.5 Å². The van der Waals surface area contributed by atoms with E-state index in [1.807, 2.05) is 6.92 Å². The van der Waals surface area contributed by atoms with Crippen molar-refractivity contribution in [1.29, 1.82) is 0 Å². The van der Waals surface area contributed by atoms with Crippen molar-refractivity contribution in [2.24, 2.45) is 11.8 Å². The van der Waals surface area contributed by atoms with E-state index in [2.05, 4.69) is 19.2 Å². The molecule has 1 aliphatic rings. The highest BCUT2D eigenvalue weighted by molar-refractivity contribution is 5.78. The smallest absolute Gasteiger partial charge is 0.323 e. The number of carbonyl (C=O) groups is 1. The van der Waals surface area contributed by atoms with Crippen LogP contribution in [0, 0.1) is 11.8 Å². The number of hydrogen-bond donors (Lipinski definition) is 2. The molecule has 15 heavy (non-hydrogen) atoms. The van der Waals surface area contributed by atoms with Crippen molar-refractivity contribution >= 4 is 5.97 Å². The fourth-order valence-corrected chi connectivity index (χ4v) is 2.60. The summed E-state index contributed by atoms with van der Waals surface area (Å²) in [5.41, 5.74) is -0.639. The van der Waals surface area contributed by atoms with Crippen molar-refractivity contribution in [3.63, 3.8) is 0 Å². The Labute approximate surface area is 92.3 Å². The summed E-state index contributed by atoms with van der Waals surface area (Å²) in [6, 6.07) is 0. The minimum Gasteiger partial charge on any atom is -0.480 e. The van der Waals surface area contributed by atoms with Crippen LogP contribution in [0.15, 0.2) is 0 Å². The minimum absolute atomic E-state index is 0.639. The first-order valence-electron chi connectivity index (χ1n) is 6.00. The molecule has 0 aromatic carbocycles. The second kappa shape index (κ2) is 4.97. The Morgan fingerprint density at radius 1 is 1.47 bits per heavy atom. The standard InChI is InChI=1S/C12H23NO2/c1-4-13-12(11(14)15)7-5-10(6-8-12)9(2)3/h9-10,13H,4-8H2,1-3H3,(H,14,15). The second-order valence-corrected chi connectivity index (χ2v) is 5.00. The SMILES string of the molecule is CCNC1(C(=O)O)CCC(C(C)C)CC1. The van der Waals surface area contributed by atoms with Gasteiger partial charge in [0.25, 0.3) is 0 Å². The van der Waals surface area contributed by atoms with Gasteiger partial charge in [0.2, 0.25) is 0 Å². The molecule has 2 N–H and O–H groups in total. The summed E-state index contributed by atoms with van der Waals surface area (Å²) in [4.78, 5) is 11.3. The highest BCUT2D eigenvalue weighted by Gasteiger charge is 2.41. The van der Waals surface area contributed by atoms with E-state index in [-0.39, 0.29) is 0 Å². The summed E-state index contributed by atoms with van der Waals surface area (Å²) < 4.78 is 0. The number of carboxylic acid groups (broad SMARTS) is 1. The summed E-state index contributed by atoms with van der Waals surface area (Å²) in [5, 5.41) is 12.4. The number of nitrogens with one attached hydrogen (secondary N) is 1. The van der Waals surface area contributed by atoms with E-state index in [4.69, 9.17) is 0 Å². The van der Waals surface area contributed by atoms with Gasteiger partial charge in [-0.2, -0.15) is 0 Å². The summed E-state index contributed by atoms with van der Waals surface area (Å²) in [5.74, 6) is 0.709. The van der Waals surface area contributed by atoms with Gasteiger partial charge in [0.05, 0.1) is 0 Å². The fraction of sp³-hybridized carbons (Fsp3) is 0.917. The van der Waals surface area contributed by atoms with E-state index in [1.54, 1.807) is 0 Å². The maximum Gasteiger partial charge on any atom is 0.323 e. The zero-order chi connectivity index (χ0) is 11.5. The number of aliphatic carboxylic acids is 1. The van der Waals surface area contributed by atoms with Gasteiger partial charge in [-0.15, -0.1) is 0 Å². The molecular weight excluding hydrogens is 190 g/mol. The van der Waals surface area contributed by atoms with Gasteiger partial charge in [-0.3, -0.25) is 4.79 Å². The van der Waals surface area contributed by atoms with Gasteiger partial charge < -0.3 is 10.4 Å². The molecule has 3 nitrogen and oxygen atoms in total. The number of rotatable bonds is 4. The molecule has 0 aliphatic heterocycles. The van der Waals surface area contributed by atoms with Crippen LogP contribution in [-0.2, 0) is 4.79 Å². The largest absolute Gasteiger partial charge is 0.480 e. The Kier molecular flexibility index (Phi) is 4.14. The Morgan fingerprint density at radius 2 is 2.00 bits per heavy atom. The fourth-order valence-electron chi connectivity index (χ4n) is 2.60. The van der Waals surface area contributed by atoms with Crippen LogP contribution in [0.1, 0.15) is 46.5 Å². The van der Waals surface area contributed by atoms with Crippen molar-refractivity contribution in [2.45, 2.75) is 52.0 Å². The number of hydrogen-bond acceptors (Lipinski definition) is 2. The molecule has 0 aromatic heterocycles. The molecule has 1 aliphatic carbocycles. The van der Waals surface area contributed by atoms with E-state index >= 15 is 0 Å². The van der Waals surface area contributed by atoms with Crippen LogP contribution in [0.4, 0.5) is 0 Å². The molecule has 0 radical (unpaired) electrons. The predicted octanol–water partition coefficient (Wildman–Crippen LogP) is 2.27. The summed E-state index contributed by atoms with van der Waals surface area (Å²) >= 11 is 0. The van der Waals surface area contributed by atoms with Crippen molar-refractivity contribution in [3.05, 3.63) is 0 Å². The minimum atomic E-state index is -0.674.